The van der Waals surface area contributed by atoms with Crippen molar-refractivity contribution in [2.45, 2.75) is 66.2 Å². The molecule has 5 heteroatoms. The third-order valence-corrected chi connectivity index (χ3v) is 4.21. The zero-order chi connectivity index (χ0) is 19.9. The van der Waals surface area contributed by atoms with Crippen molar-refractivity contribution in [3.8, 4) is 0 Å². The van der Waals surface area contributed by atoms with E-state index in [0.717, 1.165) is 16.5 Å². The summed E-state index contributed by atoms with van der Waals surface area (Å²) in [4.78, 5) is 28.1. The van der Waals surface area contributed by atoms with Gasteiger partial charge in [-0.15, -0.1) is 0 Å². The monoisotopic (exact) mass is 357 g/mol. The average molecular weight is 357 g/mol. The van der Waals surface area contributed by atoms with E-state index in [1.165, 1.54) is 6.92 Å². The minimum absolute atomic E-state index is 0.0502. The summed E-state index contributed by atoms with van der Waals surface area (Å²) in [7, 11) is 0. The molecule has 1 aromatic heterocycles. The molecule has 0 aliphatic carbocycles. The van der Waals surface area contributed by atoms with Crippen LogP contribution in [0.5, 0.6) is 0 Å². The normalized spacial score (nSPS) is 13.2. The first kappa shape index (κ1) is 19.9. The second kappa shape index (κ2) is 6.71. The summed E-state index contributed by atoms with van der Waals surface area (Å²) in [5.41, 5.74) is 2.57. The van der Waals surface area contributed by atoms with Gasteiger partial charge in [0.2, 0.25) is 0 Å². The number of carbonyl (C=O) groups excluding carboxylic acids is 1. The molecule has 2 aromatic rings. The SMILES string of the molecule is CC(=O)O/N=C(\C)c1cc2cc(C(C)(C)C)cc(C(C)(C)C)c2oc1=O. The van der Waals surface area contributed by atoms with Gasteiger partial charge < -0.3 is 9.25 Å². The zero-order valence-corrected chi connectivity index (χ0v) is 16.8. The van der Waals surface area contributed by atoms with Crippen molar-refractivity contribution >= 4 is 22.7 Å². The number of rotatable bonds is 2. The number of hydrogen-bond acceptors (Lipinski definition) is 5. The van der Waals surface area contributed by atoms with Crippen LogP contribution in [-0.2, 0) is 20.5 Å². The maximum absolute atomic E-state index is 12.5. The molecule has 0 saturated carbocycles. The van der Waals surface area contributed by atoms with Crippen LogP contribution in [0.1, 0.15) is 72.1 Å². The van der Waals surface area contributed by atoms with Crippen molar-refractivity contribution in [1.82, 2.24) is 0 Å². The predicted molar refractivity (Wildman–Crippen MR) is 104 cm³/mol. The molecule has 0 atom stereocenters. The zero-order valence-electron chi connectivity index (χ0n) is 16.8. The van der Waals surface area contributed by atoms with Crippen molar-refractivity contribution in [1.29, 1.82) is 0 Å². The second-order valence-electron chi connectivity index (χ2n) is 8.65. The maximum atomic E-state index is 12.5. The Morgan fingerprint density at radius 1 is 1.00 bits per heavy atom. The van der Waals surface area contributed by atoms with Crippen molar-refractivity contribution in [3.05, 3.63) is 45.3 Å². The molecule has 5 nitrogen and oxygen atoms in total. The smallest absolute Gasteiger partial charge is 0.345 e. The fraction of sp³-hybridized carbons (Fsp3) is 0.476. The summed E-state index contributed by atoms with van der Waals surface area (Å²) in [6.07, 6.45) is 0. The highest BCUT2D eigenvalue weighted by Gasteiger charge is 2.24. The molecular formula is C21H27NO4. The number of fused-ring (bicyclic) bond motifs is 1. The molecule has 0 N–H and O–H groups in total. The lowest BCUT2D eigenvalue weighted by Gasteiger charge is -2.26. The number of benzene rings is 1. The molecule has 1 aromatic carbocycles. The highest BCUT2D eigenvalue weighted by Crippen LogP contribution is 2.35. The van der Waals surface area contributed by atoms with Gasteiger partial charge in [0, 0.05) is 17.9 Å². The minimum Gasteiger partial charge on any atom is -0.422 e. The minimum atomic E-state index is -0.542. The van der Waals surface area contributed by atoms with Crippen molar-refractivity contribution in [2.24, 2.45) is 5.16 Å². The number of nitrogens with zero attached hydrogens (tertiary/aromatic N) is 1. The van der Waals surface area contributed by atoms with E-state index in [1.54, 1.807) is 13.0 Å². The molecule has 0 aliphatic heterocycles. The van der Waals surface area contributed by atoms with Crippen LogP contribution in [0.2, 0.25) is 0 Å². The van der Waals surface area contributed by atoms with Crippen LogP contribution in [0, 0.1) is 0 Å². The van der Waals surface area contributed by atoms with Gasteiger partial charge in [-0.05, 0) is 35.4 Å². The molecule has 140 valence electrons. The molecule has 1 heterocycles. The Balaban J connectivity index is 2.80. The molecule has 26 heavy (non-hydrogen) atoms. The summed E-state index contributed by atoms with van der Waals surface area (Å²) in [5, 5.41) is 4.54. The van der Waals surface area contributed by atoms with E-state index in [9.17, 15) is 9.59 Å². The molecule has 0 spiro atoms. The fourth-order valence-corrected chi connectivity index (χ4v) is 2.66. The Labute approximate surface area is 154 Å². The number of oxime groups is 1. The average Bonchev–Trinajstić information content (AvgIpc) is 2.48. The summed E-state index contributed by atoms with van der Waals surface area (Å²) in [5.74, 6) is -0.542. The summed E-state index contributed by atoms with van der Waals surface area (Å²) < 4.78 is 5.67. The highest BCUT2D eigenvalue weighted by molar-refractivity contribution is 6.00. The van der Waals surface area contributed by atoms with Gasteiger partial charge in [-0.25, -0.2) is 9.59 Å². The lowest BCUT2D eigenvalue weighted by atomic mass is 9.79. The van der Waals surface area contributed by atoms with E-state index in [4.69, 9.17) is 4.42 Å². The van der Waals surface area contributed by atoms with E-state index >= 15 is 0 Å². The Morgan fingerprint density at radius 3 is 2.12 bits per heavy atom. The van der Waals surface area contributed by atoms with E-state index in [1.807, 2.05) is 6.07 Å². The molecule has 0 unspecified atom stereocenters. The molecule has 0 radical (unpaired) electrons. The van der Waals surface area contributed by atoms with Gasteiger partial charge in [0.25, 0.3) is 0 Å². The number of hydrogen-bond donors (Lipinski definition) is 0. The summed E-state index contributed by atoms with van der Waals surface area (Å²) in [6.45, 7) is 15.6. The topological polar surface area (TPSA) is 68.9 Å². The van der Waals surface area contributed by atoms with Crippen molar-refractivity contribution in [2.75, 3.05) is 0 Å². The van der Waals surface area contributed by atoms with Crippen LogP contribution in [0.4, 0.5) is 0 Å². The number of carbonyl (C=O) groups is 1. The fourth-order valence-electron chi connectivity index (χ4n) is 2.66. The van der Waals surface area contributed by atoms with E-state index in [0.29, 0.717) is 11.3 Å². The van der Waals surface area contributed by atoms with E-state index in [2.05, 4.69) is 57.6 Å². The predicted octanol–water partition coefficient (Wildman–Crippen LogP) is 4.68. The first-order valence-corrected chi connectivity index (χ1v) is 8.66. The van der Waals surface area contributed by atoms with Crippen LogP contribution in [-0.4, -0.2) is 11.7 Å². The Kier molecular flexibility index (Phi) is 5.13. The molecular weight excluding hydrogens is 330 g/mol. The lowest BCUT2D eigenvalue weighted by Crippen LogP contribution is -2.19. The Morgan fingerprint density at radius 2 is 1.62 bits per heavy atom. The third kappa shape index (κ3) is 4.21. The molecule has 2 rings (SSSR count). The van der Waals surface area contributed by atoms with Crippen molar-refractivity contribution < 1.29 is 14.0 Å². The van der Waals surface area contributed by atoms with Gasteiger partial charge in [-0.2, -0.15) is 0 Å². The van der Waals surface area contributed by atoms with Crippen LogP contribution in [0.3, 0.4) is 0 Å². The van der Waals surface area contributed by atoms with E-state index in [-0.39, 0.29) is 16.4 Å². The summed E-state index contributed by atoms with van der Waals surface area (Å²) in [6, 6.07) is 5.91. The van der Waals surface area contributed by atoms with Gasteiger partial charge in [-0.3, -0.25) is 0 Å². The standard InChI is InChI=1S/C21H27NO4/c1-12(22-26-13(2)23)16-10-14-9-15(20(3,4)5)11-17(21(6,7)8)18(14)25-19(16)24/h9-11H,1-8H3/b22-12+. The molecule has 0 aliphatic rings. The first-order chi connectivity index (χ1) is 11.8. The molecule has 0 saturated heterocycles. The third-order valence-electron chi connectivity index (χ3n) is 4.21. The highest BCUT2D eigenvalue weighted by atomic mass is 16.7. The van der Waals surface area contributed by atoms with Crippen LogP contribution < -0.4 is 5.63 Å². The lowest BCUT2D eigenvalue weighted by molar-refractivity contribution is -0.140. The van der Waals surface area contributed by atoms with Gasteiger partial charge in [0.05, 0.1) is 11.3 Å². The second-order valence-corrected chi connectivity index (χ2v) is 8.65. The van der Waals surface area contributed by atoms with Gasteiger partial charge in [0.1, 0.15) is 5.58 Å². The van der Waals surface area contributed by atoms with Crippen LogP contribution in [0.25, 0.3) is 11.0 Å². The van der Waals surface area contributed by atoms with Gasteiger partial charge in [-0.1, -0.05) is 52.8 Å². The quantitative estimate of drug-likeness (QED) is 0.339. The van der Waals surface area contributed by atoms with E-state index < -0.39 is 11.6 Å². The maximum Gasteiger partial charge on any atom is 0.345 e. The van der Waals surface area contributed by atoms with Gasteiger partial charge >= 0.3 is 11.6 Å². The molecule has 0 bridgehead atoms. The van der Waals surface area contributed by atoms with Crippen molar-refractivity contribution in [3.63, 3.8) is 0 Å². The Bertz CT molecular complexity index is 937. The largest absolute Gasteiger partial charge is 0.422 e. The van der Waals surface area contributed by atoms with Crippen LogP contribution in [0.15, 0.2) is 32.6 Å². The summed E-state index contributed by atoms with van der Waals surface area (Å²) >= 11 is 0. The van der Waals surface area contributed by atoms with Crippen LogP contribution >= 0.6 is 0 Å². The first-order valence-electron chi connectivity index (χ1n) is 8.66. The Hall–Kier alpha value is -2.43. The molecule has 0 amide bonds. The molecule has 0 fully saturated rings. The van der Waals surface area contributed by atoms with Gasteiger partial charge in [0.15, 0.2) is 0 Å².